The Balaban J connectivity index is 1.41. The van der Waals surface area contributed by atoms with E-state index < -0.39 is 0 Å². The molecule has 182 valence electrons. The van der Waals surface area contributed by atoms with E-state index in [-0.39, 0.29) is 24.0 Å². The van der Waals surface area contributed by atoms with E-state index in [1.807, 2.05) is 0 Å². The number of aromatic nitrogens is 2. The first-order valence-corrected chi connectivity index (χ1v) is 12.0. The molecule has 3 heterocycles. The Hall–Kier alpha value is -3.55. The van der Waals surface area contributed by atoms with Crippen LogP contribution in [0.2, 0.25) is 0 Å². The summed E-state index contributed by atoms with van der Waals surface area (Å²) in [6.45, 7) is 4.89. The minimum Gasteiger partial charge on any atom is -0.438 e. The molecule has 0 radical (unpaired) electrons. The number of halogens is 2. The van der Waals surface area contributed by atoms with Crippen LogP contribution in [0.3, 0.4) is 0 Å². The summed E-state index contributed by atoms with van der Waals surface area (Å²) >= 11 is 0. The van der Waals surface area contributed by atoms with Crippen molar-refractivity contribution in [3.05, 3.63) is 77.0 Å². The zero-order chi connectivity index (χ0) is 24.4. The molecular weight excluding hydrogens is 450 g/mol. The largest absolute Gasteiger partial charge is 0.438 e. The quantitative estimate of drug-likeness (QED) is 0.522. The van der Waals surface area contributed by atoms with E-state index in [1.54, 1.807) is 29.2 Å². The Morgan fingerprint density at radius 3 is 2.31 bits per heavy atom. The van der Waals surface area contributed by atoms with Gasteiger partial charge in [-0.3, -0.25) is 4.79 Å². The number of carbonyl (C=O) groups is 1. The van der Waals surface area contributed by atoms with Gasteiger partial charge in [-0.2, -0.15) is 4.98 Å². The number of hydrogen-bond donors (Lipinski definition) is 0. The van der Waals surface area contributed by atoms with Crippen LogP contribution >= 0.6 is 0 Å². The third-order valence-corrected chi connectivity index (χ3v) is 6.73. The van der Waals surface area contributed by atoms with Crippen molar-refractivity contribution >= 4 is 11.9 Å². The molecule has 0 aliphatic carbocycles. The first kappa shape index (κ1) is 23.2. The standard InChI is InChI=1S/C27H28F2N4O2/c1-18-10-13-32(14-11-18)27-30-24-12-15-33(25(34)16-19-2-4-20(28)5-3-19)17-23(24)26(31-27)35-22-8-6-21(29)7-9-22/h2-9,18H,10-17H2,1H3. The predicted octanol–water partition coefficient (Wildman–Crippen LogP) is 4.91. The maximum absolute atomic E-state index is 13.4. The van der Waals surface area contributed by atoms with Crippen LogP contribution in [-0.2, 0) is 24.2 Å². The second kappa shape index (κ2) is 9.98. The van der Waals surface area contributed by atoms with Crippen molar-refractivity contribution in [1.29, 1.82) is 0 Å². The Kier molecular flexibility index (Phi) is 6.61. The molecule has 5 rings (SSSR count). The molecule has 2 aromatic carbocycles. The molecule has 0 spiro atoms. The summed E-state index contributed by atoms with van der Waals surface area (Å²) in [6.07, 6.45) is 2.94. The summed E-state index contributed by atoms with van der Waals surface area (Å²) in [7, 11) is 0. The van der Waals surface area contributed by atoms with Gasteiger partial charge in [0.25, 0.3) is 0 Å². The summed E-state index contributed by atoms with van der Waals surface area (Å²) in [5, 5.41) is 0. The third-order valence-electron chi connectivity index (χ3n) is 6.73. The summed E-state index contributed by atoms with van der Waals surface area (Å²) in [4.78, 5) is 26.6. The third kappa shape index (κ3) is 5.42. The Morgan fingerprint density at radius 1 is 0.971 bits per heavy atom. The molecule has 0 atom stereocenters. The molecule has 2 aliphatic rings. The van der Waals surface area contributed by atoms with Gasteiger partial charge in [-0.1, -0.05) is 19.1 Å². The summed E-state index contributed by atoms with van der Waals surface area (Å²) < 4.78 is 32.8. The molecule has 1 fully saturated rings. The highest BCUT2D eigenvalue weighted by molar-refractivity contribution is 5.79. The van der Waals surface area contributed by atoms with Gasteiger partial charge in [0, 0.05) is 26.1 Å². The van der Waals surface area contributed by atoms with Crippen molar-refractivity contribution in [2.75, 3.05) is 24.5 Å². The molecule has 8 heteroatoms. The average Bonchev–Trinajstić information content (AvgIpc) is 2.87. The molecule has 6 nitrogen and oxygen atoms in total. The number of amides is 1. The molecule has 1 aromatic heterocycles. The first-order chi connectivity index (χ1) is 16.9. The van der Waals surface area contributed by atoms with E-state index in [4.69, 9.17) is 14.7 Å². The first-order valence-electron chi connectivity index (χ1n) is 12.0. The van der Waals surface area contributed by atoms with Crippen LogP contribution in [0.15, 0.2) is 48.5 Å². The second-order valence-electron chi connectivity index (χ2n) is 9.35. The van der Waals surface area contributed by atoms with Crippen LogP contribution in [0.5, 0.6) is 11.6 Å². The molecule has 0 saturated carbocycles. The van der Waals surface area contributed by atoms with Crippen molar-refractivity contribution in [3.8, 4) is 11.6 Å². The fourth-order valence-electron chi connectivity index (χ4n) is 4.52. The summed E-state index contributed by atoms with van der Waals surface area (Å²) in [6, 6.07) is 11.8. The molecule has 2 aliphatic heterocycles. The number of benzene rings is 2. The number of hydrogen-bond acceptors (Lipinski definition) is 5. The summed E-state index contributed by atoms with van der Waals surface area (Å²) in [5.74, 6) is 1.46. The number of carbonyl (C=O) groups excluding carboxylic acids is 1. The van der Waals surface area contributed by atoms with Crippen LogP contribution in [0.1, 0.15) is 36.6 Å². The van der Waals surface area contributed by atoms with Gasteiger partial charge in [-0.25, -0.2) is 13.8 Å². The lowest BCUT2D eigenvalue weighted by Crippen LogP contribution is -2.39. The van der Waals surface area contributed by atoms with Crippen LogP contribution in [0.25, 0.3) is 0 Å². The topological polar surface area (TPSA) is 58.6 Å². The molecular formula is C27H28F2N4O2. The minimum atomic E-state index is -0.345. The maximum Gasteiger partial charge on any atom is 0.229 e. The van der Waals surface area contributed by atoms with Gasteiger partial charge in [0.1, 0.15) is 17.4 Å². The van der Waals surface area contributed by atoms with E-state index in [0.29, 0.717) is 43.0 Å². The van der Waals surface area contributed by atoms with Gasteiger partial charge in [0.15, 0.2) is 0 Å². The second-order valence-corrected chi connectivity index (χ2v) is 9.35. The van der Waals surface area contributed by atoms with Crippen LogP contribution in [0.4, 0.5) is 14.7 Å². The minimum absolute atomic E-state index is 0.0518. The molecule has 0 unspecified atom stereocenters. The number of rotatable bonds is 5. The van der Waals surface area contributed by atoms with Gasteiger partial charge >= 0.3 is 0 Å². The Labute approximate surface area is 203 Å². The molecule has 0 bridgehead atoms. The predicted molar refractivity (Wildman–Crippen MR) is 128 cm³/mol. The lowest BCUT2D eigenvalue weighted by Gasteiger charge is -2.33. The fraction of sp³-hybridized carbons (Fsp3) is 0.370. The highest BCUT2D eigenvalue weighted by Gasteiger charge is 2.28. The van der Waals surface area contributed by atoms with E-state index >= 15 is 0 Å². The molecule has 1 amide bonds. The number of anilines is 1. The van der Waals surface area contributed by atoms with Crippen molar-refractivity contribution in [1.82, 2.24) is 14.9 Å². The smallest absolute Gasteiger partial charge is 0.229 e. The van der Waals surface area contributed by atoms with Gasteiger partial charge < -0.3 is 14.5 Å². The number of ether oxygens (including phenoxy) is 1. The molecule has 3 aromatic rings. The van der Waals surface area contributed by atoms with Gasteiger partial charge in [0.2, 0.25) is 17.7 Å². The number of nitrogens with zero attached hydrogens (tertiary/aromatic N) is 4. The van der Waals surface area contributed by atoms with Gasteiger partial charge in [0.05, 0.1) is 24.2 Å². The normalized spacial score (nSPS) is 16.2. The lowest BCUT2D eigenvalue weighted by atomic mass is 9.99. The van der Waals surface area contributed by atoms with E-state index in [9.17, 15) is 13.6 Å². The van der Waals surface area contributed by atoms with Gasteiger partial charge in [-0.15, -0.1) is 0 Å². The lowest BCUT2D eigenvalue weighted by molar-refractivity contribution is -0.131. The van der Waals surface area contributed by atoms with Crippen molar-refractivity contribution in [3.63, 3.8) is 0 Å². The zero-order valence-electron chi connectivity index (χ0n) is 19.7. The number of fused-ring (bicyclic) bond motifs is 1. The van der Waals surface area contributed by atoms with E-state index in [0.717, 1.165) is 42.8 Å². The average molecular weight is 479 g/mol. The highest BCUT2D eigenvalue weighted by Crippen LogP contribution is 2.32. The van der Waals surface area contributed by atoms with Crippen LogP contribution in [-0.4, -0.2) is 40.4 Å². The zero-order valence-corrected chi connectivity index (χ0v) is 19.7. The van der Waals surface area contributed by atoms with Crippen LogP contribution < -0.4 is 9.64 Å². The van der Waals surface area contributed by atoms with E-state index in [2.05, 4.69) is 11.8 Å². The van der Waals surface area contributed by atoms with Crippen molar-refractivity contribution in [2.45, 2.75) is 39.2 Å². The molecule has 35 heavy (non-hydrogen) atoms. The van der Waals surface area contributed by atoms with Gasteiger partial charge in [-0.05, 0) is 60.7 Å². The SMILES string of the molecule is CC1CCN(c2nc3c(c(Oc4ccc(F)cc4)n2)CN(C(=O)Cc2ccc(F)cc2)CC3)CC1. The van der Waals surface area contributed by atoms with Crippen LogP contribution in [0, 0.1) is 17.6 Å². The van der Waals surface area contributed by atoms with Crippen molar-refractivity contribution in [2.24, 2.45) is 5.92 Å². The van der Waals surface area contributed by atoms with E-state index in [1.165, 1.54) is 24.3 Å². The number of piperidine rings is 1. The maximum atomic E-state index is 13.4. The summed E-state index contributed by atoms with van der Waals surface area (Å²) in [5.41, 5.74) is 2.40. The monoisotopic (exact) mass is 478 g/mol. The molecule has 1 saturated heterocycles. The Morgan fingerprint density at radius 2 is 1.63 bits per heavy atom. The highest BCUT2D eigenvalue weighted by atomic mass is 19.1. The fourth-order valence-corrected chi connectivity index (χ4v) is 4.52. The Bertz CT molecular complexity index is 1190. The molecule has 0 N–H and O–H groups in total. The van der Waals surface area contributed by atoms with Crippen molar-refractivity contribution < 1.29 is 18.3 Å².